The Morgan fingerprint density at radius 1 is 1.18 bits per heavy atom. The zero-order valence-corrected chi connectivity index (χ0v) is 12.4. The van der Waals surface area contributed by atoms with Gasteiger partial charge in [0, 0.05) is 6.08 Å². The predicted molar refractivity (Wildman–Crippen MR) is 83.3 cm³/mol. The van der Waals surface area contributed by atoms with Gasteiger partial charge in [-0.1, -0.05) is 42.7 Å². The highest BCUT2D eigenvalue weighted by atomic mass is 16.5. The third kappa shape index (κ3) is 3.81. The average Bonchev–Trinajstić information content (AvgIpc) is 3.04. The van der Waals surface area contributed by atoms with Gasteiger partial charge in [0.2, 0.25) is 0 Å². The van der Waals surface area contributed by atoms with Crippen LogP contribution in [0.15, 0.2) is 42.6 Å². The third-order valence-electron chi connectivity index (χ3n) is 3.83. The molecule has 0 radical (unpaired) electrons. The summed E-state index contributed by atoms with van der Waals surface area (Å²) in [6.07, 6.45) is 11.0. The van der Waals surface area contributed by atoms with E-state index in [2.05, 4.69) is 10.3 Å². The van der Waals surface area contributed by atoms with Crippen LogP contribution in [0.4, 0.5) is 0 Å². The number of aromatic nitrogens is 3. The van der Waals surface area contributed by atoms with E-state index in [1.165, 1.54) is 25.3 Å². The molecule has 22 heavy (non-hydrogen) atoms. The first-order valence-corrected chi connectivity index (χ1v) is 7.68. The van der Waals surface area contributed by atoms with Crippen molar-refractivity contribution in [2.75, 3.05) is 0 Å². The van der Waals surface area contributed by atoms with E-state index in [9.17, 15) is 4.79 Å². The van der Waals surface area contributed by atoms with Crippen LogP contribution in [0.5, 0.6) is 5.75 Å². The van der Waals surface area contributed by atoms with Gasteiger partial charge in [0.25, 0.3) is 0 Å². The van der Waals surface area contributed by atoms with Crippen LogP contribution in [0, 0.1) is 0 Å². The van der Waals surface area contributed by atoms with Crippen molar-refractivity contribution in [3.63, 3.8) is 0 Å². The monoisotopic (exact) mass is 297 g/mol. The van der Waals surface area contributed by atoms with Crippen LogP contribution in [0.1, 0.15) is 43.8 Å². The van der Waals surface area contributed by atoms with E-state index in [-0.39, 0.29) is 0 Å². The van der Waals surface area contributed by atoms with E-state index in [0.29, 0.717) is 17.5 Å². The van der Waals surface area contributed by atoms with Gasteiger partial charge in [-0.2, -0.15) is 0 Å². The van der Waals surface area contributed by atoms with Crippen molar-refractivity contribution in [3.05, 3.63) is 48.3 Å². The molecular weight excluding hydrogens is 278 g/mol. The van der Waals surface area contributed by atoms with Gasteiger partial charge in [-0.05, 0) is 31.1 Å². The third-order valence-corrected chi connectivity index (χ3v) is 3.83. The molecule has 0 amide bonds. The molecule has 114 valence electrons. The minimum absolute atomic E-state index is 0.418. The lowest BCUT2D eigenvalue weighted by molar-refractivity contribution is -0.128. The minimum Gasteiger partial charge on any atom is -0.423 e. The maximum atomic E-state index is 11.7. The molecule has 0 aliphatic heterocycles. The van der Waals surface area contributed by atoms with Gasteiger partial charge in [0.05, 0.1) is 12.2 Å². The highest BCUT2D eigenvalue weighted by Crippen LogP contribution is 2.27. The molecule has 0 bridgehead atoms. The normalized spacial score (nSPS) is 16.0. The summed E-state index contributed by atoms with van der Waals surface area (Å²) in [5, 5.41) is 8.25. The topological polar surface area (TPSA) is 57.0 Å². The molecule has 0 unspecified atom stereocenters. The zero-order chi connectivity index (χ0) is 15.2. The molecule has 0 atom stereocenters. The van der Waals surface area contributed by atoms with Crippen molar-refractivity contribution in [1.82, 2.24) is 15.0 Å². The number of ether oxygens (including phenoxy) is 1. The first kappa shape index (κ1) is 14.5. The quantitative estimate of drug-likeness (QED) is 0.493. The standard InChI is InChI=1S/C17H19N3O2/c21-17(22-16-9-5-2-6-10-16)12-11-14-13-20(19-18-14)15-7-3-1-4-8-15/h2,5-6,9-13,15H,1,3-4,7-8H2. The molecule has 1 aromatic carbocycles. The molecule has 1 fully saturated rings. The second kappa shape index (κ2) is 7.02. The second-order valence-electron chi connectivity index (χ2n) is 5.48. The number of hydrogen-bond acceptors (Lipinski definition) is 4. The lowest BCUT2D eigenvalue weighted by Gasteiger charge is -2.20. The van der Waals surface area contributed by atoms with E-state index in [1.807, 2.05) is 29.1 Å². The van der Waals surface area contributed by atoms with Crippen LogP contribution in [-0.4, -0.2) is 21.0 Å². The molecule has 1 aliphatic rings. The van der Waals surface area contributed by atoms with Gasteiger partial charge in [0.1, 0.15) is 11.4 Å². The number of hydrogen-bond donors (Lipinski definition) is 0. The summed E-state index contributed by atoms with van der Waals surface area (Å²) in [4.78, 5) is 11.7. The first-order valence-electron chi connectivity index (χ1n) is 7.68. The van der Waals surface area contributed by atoms with Gasteiger partial charge in [-0.25, -0.2) is 9.48 Å². The van der Waals surface area contributed by atoms with E-state index in [1.54, 1.807) is 18.2 Å². The summed E-state index contributed by atoms with van der Waals surface area (Å²) < 4.78 is 7.10. The molecule has 0 saturated heterocycles. The van der Waals surface area contributed by atoms with Crippen molar-refractivity contribution in [1.29, 1.82) is 0 Å². The lowest BCUT2D eigenvalue weighted by Crippen LogP contribution is -2.13. The minimum atomic E-state index is -0.418. The molecule has 3 rings (SSSR count). The van der Waals surface area contributed by atoms with E-state index in [4.69, 9.17) is 4.74 Å². The highest BCUT2D eigenvalue weighted by Gasteiger charge is 2.16. The summed E-state index contributed by atoms with van der Waals surface area (Å²) >= 11 is 0. The van der Waals surface area contributed by atoms with E-state index >= 15 is 0 Å². The first-order chi connectivity index (χ1) is 10.8. The fourth-order valence-electron chi connectivity index (χ4n) is 2.68. The lowest BCUT2D eigenvalue weighted by atomic mass is 9.96. The van der Waals surface area contributed by atoms with Crippen molar-refractivity contribution in [2.24, 2.45) is 0 Å². The van der Waals surface area contributed by atoms with Gasteiger partial charge in [-0.15, -0.1) is 5.10 Å². The van der Waals surface area contributed by atoms with Crippen LogP contribution < -0.4 is 4.74 Å². The Balaban J connectivity index is 1.58. The Bertz CT molecular complexity index is 643. The number of benzene rings is 1. The Morgan fingerprint density at radius 3 is 2.73 bits per heavy atom. The highest BCUT2D eigenvalue weighted by molar-refractivity contribution is 5.88. The molecule has 1 saturated carbocycles. The molecular formula is C17H19N3O2. The molecule has 1 aliphatic carbocycles. The zero-order valence-electron chi connectivity index (χ0n) is 12.4. The maximum Gasteiger partial charge on any atom is 0.336 e. The predicted octanol–water partition coefficient (Wildman–Crippen LogP) is 3.40. The van der Waals surface area contributed by atoms with Crippen LogP contribution >= 0.6 is 0 Å². The van der Waals surface area contributed by atoms with Crippen LogP contribution in [-0.2, 0) is 4.79 Å². The largest absolute Gasteiger partial charge is 0.423 e. The van der Waals surface area contributed by atoms with Crippen LogP contribution in [0.3, 0.4) is 0 Å². The molecule has 1 aromatic heterocycles. The Hall–Kier alpha value is -2.43. The van der Waals surface area contributed by atoms with Crippen LogP contribution in [0.2, 0.25) is 0 Å². The number of rotatable bonds is 4. The fourth-order valence-corrected chi connectivity index (χ4v) is 2.68. The number of esters is 1. The van der Waals surface area contributed by atoms with Crippen LogP contribution in [0.25, 0.3) is 6.08 Å². The Kier molecular flexibility index (Phi) is 4.63. The second-order valence-corrected chi connectivity index (χ2v) is 5.48. The molecule has 0 N–H and O–H groups in total. The van der Waals surface area contributed by atoms with E-state index < -0.39 is 5.97 Å². The molecule has 2 aromatic rings. The summed E-state index contributed by atoms with van der Waals surface area (Å²) in [6.45, 7) is 0. The number of carbonyl (C=O) groups is 1. The van der Waals surface area contributed by atoms with E-state index in [0.717, 1.165) is 12.8 Å². The van der Waals surface area contributed by atoms with Gasteiger partial charge in [0.15, 0.2) is 0 Å². The Morgan fingerprint density at radius 2 is 1.95 bits per heavy atom. The van der Waals surface area contributed by atoms with Gasteiger partial charge < -0.3 is 4.74 Å². The van der Waals surface area contributed by atoms with Crippen molar-refractivity contribution in [2.45, 2.75) is 38.1 Å². The van der Waals surface area contributed by atoms with Crippen molar-refractivity contribution in [3.8, 4) is 5.75 Å². The summed E-state index contributed by atoms with van der Waals surface area (Å²) in [6, 6.07) is 9.44. The van der Waals surface area contributed by atoms with Gasteiger partial charge in [-0.3, -0.25) is 0 Å². The number of nitrogens with zero attached hydrogens (tertiary/aromatic N) is 3. The van der Waals surface area contributed by atoms with Crippen molar-refractivity contribution < 1.29 is 9.53 Å². The average molecular weight is 297 g/mol. The summed E-state index contributed by atoms with van der Waals surface area (Å²) in [5.41, 5.74) is 0.676. The number of para-hydroxylation sites is 1. The fraction of sp³-hybridized carbons (Fsp3) is 0.353. The molecule has 1 heterocycles. The van der Waals surface area contributed by atoms with Gasteiger partial charge >= 0.3 is 5.97 Å². The molecule has 0 spiro atoms. The Labute approximate surface area is 129 Å². The molecule has 5 nitrogen and oxygen atoms in total. The van der Waals surface area contributed by atoms with Crippen molar-refractivity contribution >= 4 is 12.0 Å². The maximum absolute atomic E-state index is 11.7. The summed E-state index contributed by atoms with van der Waals surface area (Å²) in [7, 11) is 0. The number of carbonyl (C=O) groups excluding carboxylic acids is 1. The molecule has 5 heteroatoms. The summed E-state index contributed by atoms with van der Waals surface area (Å²) in [5.74, 6) is 0.112. The smallest absolute Gasteiger partial charge is 0.336 e. The SMILES string of the molecule is O=C(C=Cc1cn(C2CCCCC2)nn1)Oc1ccccc1.